The molecule has 1 aliphatic rings. The molecule has 4 aromatic carbocycles. The van der Waals surface area contributed by atoms with E-state index in [0.29, 0.717) is 5.92 Å². The van der Waals surface area contributed by atoms with Gasteiger partial charge in [-0.25, -0.2) is 0 Å². The van der Waals surface area contributed by atoms with Crippen LogP contribution in [0, 0.1) is 39.0 Å². The summed E-state index contributed by atoms with van der Waals surface area (Å²) in [6.07, 6.45) is 3.41. The highest BCUT2D eigenvalue weighted by Gasteiger charge is 2.45. The molecular weight excluding hydrogens is 504 g/mol. The van der Waals surface area contributed by atoms with Crippen molar-refractivity contribution in [2.24, 2.45) is 11.3 Å². The van der Waals surface area contributed by atoms with Gasteiger partial charge in [0.05, 0.1) is 0 Å². The Hall–Kier alpha value is -3.92. The van der Waals surface area contributed by atoms with Crippen LogP contribution in [0.25, 0.3) is 0 Å². The van der Waals surface area contributed by atoms with Crippen LogP contribution in [-0.4, -0.2) is 0 Å². The Morgan fingerprint density at radius 1 is 0.610 bits per heavy atom. The molecule has 1 aliphatic carbocycles. The summed E-state index contributed by atoms with van der Waals surface area (Å²) in [4.78, 5) is 0. The van der Waals surface area contributed by atoms with Gasteiger partial charge in [-0.15, -0.1) is 0 Å². The van der Waals surface area contributed by atoms with E-state index < -0.39 is 0 Å². The molecule has 214 valence electrons. The molecule has 0 heterocycles. The molecule has 4 N–H and O–H groups in total. The minimum atomic E-state index is -0.119. The van der Waals surface area contributed by atoms with E-state index in [1.807, 2.05) is 48.5 Å². The average molecular weight is 549 g/mol. The van der Waals surface area contributed by atoms with Crippen molar-refractivity contribution in [1.82, 2.24) is 0 Å². The van der Waals surface area contributed by atoms with Crippen molar-refractivity contribution >= 4 is 11.4 Å². The zero-order chi connectivity index (χ0) is 29.5. The molecule has 0 bridgehead atoms. The molecule has 1 fully saturated rings. The summed E-state index contributed by atoms with van der Waals surface area (Å²) in [5.74, 6) is 4.01. The highest BCUT2D eigenvalue weighted by molar-refractivity contribution is 5.55. The second kappa shape index (κ2) is 10.8. The number of aryl methyl sites for hydroxylation is 4. The van der Waals surface area contributed by atoms with Crippen molar-refractivity contribution in [2.45, 2.75) is 73.1 Å². The molecule has 4 heteroatoms. The molecule has 0 radical (unpaired) electrons. The van der Waals surface area contributed by atoms with Crippen LogP contribution in [-0.2, 0) is 5.41 Å². The lowest BCUT2D eigenvalue weighted by Gasteiger charge is -2.49. The van der Waals surface area contributed by atoms with E-state index in [1.165, 1.54) is 17.5 Å². The minimum absolute atomic E-state index is 0.119. The summed E-state index contributed by atoms with van der Waals surface area (Å²) in [7, 11) is 0. The molecule has 5 rings (SSSR count). The minimum Gasteiger partial charge on any atom is -0.457 e. The first-order valence-electron chi connectivity index (χ1n) is 14.7. The number of rotatable bonds is 6. The van der Waals surface area contributed by atoms with Crippen molar-refractivity contribution in [3.05, 3.63) is 106 Å². The summed E-state index contributed by atoms with van der Waals surface area (Å²) in [6.45, 7) is 15.9. The quantitative estimate of drug-likeness (QED) is 0.235. The van der Waals surface area contributed by atoms with E-state index in [-0.39, 0.29) is 10.8 Å². The zero-order valence-corrected chi connectivity index (χ0v) is 25.6. The van der Waals surface area contributed by atoms with E-state index >= 15 is 0 Å². The standard InChI is InChI=1S/C37H44N2O2/c1-23-20-36(6,7)22-37(21-23,28-16-24(2)34(25(3)17-28)40-32-12-8-30(38)9-13-32)29-18-26(4)35(27(5)19-29)41-33-14-10-31(39)11-15-33/h8-19,23H,20-22,38-39H2,1-7H3. The number of hydrogen-bond donors (Lipinski definition) is 2. The fourth-order valence-corrected chi connectivity index (χ4v) is 7.26. The molecule has 1 unspecified atom stereocenters. The van der Waals surface area contributed by atoms with Gasteiger partial charge in [0.15, 0.2) is 0 Å². The fourth-order valence-electron chi connectivity index (χ4n) is 7.26. The van der Waals surface area contributed by atoms with Gasteiger partial charge in [-0.2, -0.15) is 0 Å². The Kier molecular flexibility index (Phi) is 7.54. The normalized spacial score (nSPS) is 17.7. The summed E-state index contributed by atoms with van der Waals surface area (Å²) >= 11 is 0. The summed E-state index contributed by atoms with van der Waals surface area (Å²) in [6, 6.07) is 24.6. The van der Waals surface area contributed by atoms with Gasteiger partial charge >= 0.3 is 0 Å². The Bertz CT molecular complexity index is 1400. The third kappa shape index (κ3) is 5.93. The first-order valence-corrected chi connectivity index (χ1v) is 14.7. The Morgan fingerprint density at radius 2 is 0.976 bits per heavy atom. The molecule has 0 aliphatic heterocycles. The molecule has 1 saturated carbocycles. The summed E-state index contributed by atoms with van der Waals surface area (Å²) < 4.78 is 12.8. The Balaban J connectivity index is 1.60. The van der Waals surface area contributed by atoms with Crippen LogP contribution in [0.1, 0.15) is 73.4 Å². The second-order valence-corrected chi connectivity index (χ2v) is 13.2. The molecule has 4 nitrogen and oxygen atoms in total. The molecule has 1 atom stereocenters. The smallest absolute Gasteiger partial charge is 0.133 e. The Morgan fingerprint density at radius 3 is 1.32 bits per heavy atom. The topological polar surface area (TPSA) is 70.5 Å². The van der Waals surface area contributed by atoms with Gasteiger partial charge in [-0.05, 0) is 140 Å². The van der Waals surface area contributed by atoms with Gasteiger partial charge in [0.2, 0.25) is 0 Å². The van der Waals surface area contributed by atoms with E-state index in [0.717, 1.165) is 69.5 Å². The van der Waals surface area contributed by atoms with Crippen LogP contribution in [0.2, 0.25) is 0 Å². The van der Waals surface area contributed by atoms with Gasteiger partial charge in [-0.1, -0.05) is 45.0 Å². The number of nitrogen functional groups attached to an aromatic ring is 2. The van der Waals surface area contributed by atoms with E-state index in [9.17, 15) is 0 Å². The largest absolute Gasteiger partial charge is 0.457 e. The van der Waals surface area contributed by atoms with Gasteiger partial charge < -0.3 is 20.9 Å². The molecule has 0 aromatic heterocycles. The number of nitrogens with two attached hydrogens (primary N) is 2. The van der Waals surface area contributed by atoms with Gasteiger partial charge in [0.25, 0.3) is 0 Å². The van der Waals surface area contributed by atoms with Crippen LogP contribution in [0.4, 0.5) is 11.4 Å². The van der Waals surface area contributed by atoms with Crippen molar-refractivity contribution in [1.29, 1.82) is 0 Å². The SMILES string of the molecule is Cc1cc(C2(c3cc(C)c(Oc4ccc(N)cc4)c(C)c3)CC(C)CC(C)(C)C2)cc(C)c1Oc1ccc(N)cc1. The molecule has 0 saturated heterocycles. The van der Waals surface area contributed by atoms with Gasteiger partial charge in [-0.3, -0.25) is 0 Å². The zero-order valence-electron chi connectivity index (χ0n) is 25.6. The van der Waals surface area contributed by atoms with Crippen LogP contribution in [0.5, 0.6) is 23.0 Å². The van der Waals surface area contributed by atoms with Crippen molar-refractivity contribution in [3.63, 3.8) is 0 Å². The van der Waals surface area contributed by atoms with Crippen LogP contribution < -0.4 is 20.9 Å². The van der Waals surface area contributed by atoms with Crippen molar-refractivity contribution in [3.8, 4) is 23.0 Å². The van der Waals surface area contributed by atoms with Crippen molar-refractivity contribution in [2.75, 3.05) is 11.5 Å². The number of anilines is 2. The molecule has 0 spiro atoms. The maximum atomic E-state index is 6.38. The van der Waals surface area contributed by atoms with E-state index in [4.69, 9.17) is 20.9 Å². The lowest BCUT2D eigenvalue weighted by molar-refractivity contribution is 0.126. The van der Waals surface area contributed by atoms with Gasteiger partial charge in [0, 0.05) is 16.8 Å². The van der Waals surface area contributed by atoms with E-state index in [1.54, 1.807) is 0 Å². The lowest BCUT2D eigenvalue weighted by Crippen LogP contribution is -2.41. The van der Waals surface area contributed by atoms with Crippen LogP contribution in [0.15, 0.2) is 72.8 Å². The lowest BCUT2D eigenvalue weighted by atomic mass is 9.55. The Labute approximate surface area is 245 Å². The third-order valence-electron chi connectivity index (χ3n) is 8.60. The highest BCUT2D eigenvalue weighted by atomic mass is 16.5. The fraction of sp³-hybridized carbons (Fsp3) is 0.351. The molecule has 0 amide bonds. The number of ether oxygens (including phenoxy) is 2. The maximum Gasteiger partial charge on any atom is 0.133 e. The predicted molar refractivity (Wildman–Crippen MR) is 171 cm³/mol. The average Bonchev–Trinajstić information content (AvgIpc) is 2.89. The molecule has 41 heavy (non-hydrogen) atoms. The predicted octanol–water partition coefficient (Wildman–Crippen LogP) is 9.80. The maximum absolute atomic E-state index is 6.38. The summed E-state index contributed by atoms with van der Waals surface area (Å²) in [5, 5.41) is 0. The molecule has 4 aromatic rings. The van der Waals surface area contributed by atoms with Gasteiger partial charge in [0.1, 0.15) is 23.0 Å². The number of benzene rings is 4. The first kappa shape index (κ1) is 28.6. The van der Waals surface area contributed by atoms with E-state index in [2.05, 4.69) is 72.7 Å². The first-order chi connectivity index (χ1) is 19.3. The van der Waals surface area contributed by atoms with Crippen molar-refractivity contribution < 1.29 is 9.47 Å². The number of hydrogen-bond acceptors (Lipinski definition) is 4. The monoisotopic (exact) mass is 548 g/mol. The second-order valence-electron chi connectivity index (χ2n) is 13.2. The van der Waals surface area contributed by atoms with Crippen LogP contribution in [0.3, 0.4) is 0 Å². The third-order valence-corrected chi connectivity index (χ3v) is 8.60. The van der Waals surface area contributed by atoms with Crippen LogP contribution >= 0.6 is 0 Å². The molecular formula is C37H44N2O2. The summed E-state index contributed by atoms with van der Waals surface area (Å²) in [5.41, 5.74) is 20.6. The highest BCUT2D eigenvalue weighted by Crippen LogP contribution is 2.55.